The number of carbonyl (C=O) groups is 5. The predicted molar refractivity (Wildman–Crippen MR) is 310 cm³/mol. The lowest BCUT2D eigenvalue weighted by molar-refractivity contribution is 0.100. The highest BCUT2D eigenvalue weighted by molar-refractivity contribution is 5.99. The summed E-state index contributed by atoms with van der Waals surface area (Å²) in [5.41, 5.74) is 5.43. The number of phenolic OH excluding ortho intramolecular Hbond substituents is 3. The van der Waals surface area contributed by atoms with Gasteiger partial charge in [0, 0.05) is 23.3 Å². The monoisotopic (exact) mass is 1050 g/mol. The van der Waals surface area contributed by atoms with Crippen LogP contribution in [0.4, 0.5) is 0 Å². The number of aromatic hydroxyl groups is 3. The van der Waals surface area contributed by atoms with Crippen molar-refractivity contribution in [1.82, 2.24) is 0 Å². The van der Waals surface area contributed by atoms with Gasteiger partial charge in [0.15, 0.2) is 40.3 Å². The SMILES string of the molecule is C/C=C/c1cccc(C(C)=O)c1O.C/C=C/c1cccc2c(=O)cc(C)oc12.C=CCOc1ccccc1C(C)=O.C=CCc1cccc(C(C)=O)c1O.CC(=O)c1ccccc1O.Cc1cc(=O)c2cccc(C=O)c2o1. The number of benzene rings is 6. The third-order valence-corrected chi connectivity index (χ3v) is 10.9. The van der Waals surface area contributed by atoms with Crippen molar-refractivity contribution >= 4 is 63.5 Å². The number of hydrogen-bond acceptors (Lipinski definition) is 13. The first-order valence-corrected chi connectivity index (χ1v) is 24.4. The first kappa shape index (κ1) is 62.5. The Morgan fingerprint density at radius 3 is 1.45 bits per heavy atom. The highest BCUT2D eigenvalue weighted by Crippen LogP contribution is 2.25. The van der Waals surface area contributed by atoms with E-state index in [1.165, 1.54) is 45.9 Å². The molecule has 2 aromatic heterocycles. The van der Waals surface area contributed by atoms with Crippen molar-refractivity contribution in [3.8, 4) is 23.0 Å². The molecule has 0 aliphatic carbocycles. The molecule has 13 nitrogen and oxygen atoms in total. The smallest absolute Gasteiger partial charge is 0.192 e. The van der Waals surface area contributed by atoms with E-state index >= 15 is 0 Å². The van der Waals surface area contributed by atoms with E-state index in [0.29, 0.717) is 91.9 Å². The van der Waals surface area contributed by atoms with Gasteiger partial charge < -0.3 is 28.9 Å². The number of rotatable bonds is 12. The van der Waals surface area contributed by atoms with Gasteiger partial charge in [-0.2, -0.15) is 0 Å². The number of aryl methyl sites for hydroxylation is 2. The van der Waals surface area contributed by atoms with Crippen molar-refractivity contribution < 1.29 is 52.9 Å². The van der Waals surface area contributed by atoms with Crippen molar-refractivity contribution in [2.45, 2.75) is 61.8 Å². The number of ether oxygens (including phenoxy) is 1. The summed E-state index contributed by atoms with van der Waals surface area (Å²) in [5, 5.41) is 29.4. The van der Waals surface area contributed by atoms with Crippen molar-refractivity contribution in [1.29, 1.82) is 0 Å². The molecule has 3 N–H and O–H groups in total. The number of aldehydes is 1. The molecule has 0 saturated heterocycles. The molecule has 8 rings (SSSR count). The highest BCUT2D eigenvalue weighted by Gasteiger charge is 2.11. The molecule has 2 heterocycles. The fourth-order valence-corrected chi connectivity index (χ4v) is 7.19. The average molecular weight is 1050 g/mol. The number of para-hydroxylation sites is 6. The van der Waals surface area contributed by atoms with Crippen LogP contribution in [0.3, 0.4) is 0 Å². The van der Waals surface area contributed by atoms with Crippen LogP contribution in [0.25, 0.3) is 34.1 Å². The lowest BCUT2D eigenvalue weighted by Gasteiger charge is -2.06. The van der Waals surface area contributed by atoms with Crippen LogP contribution in [-0.2, 0) is 6.42 Å². The number of carbonyl (C=O) groups excluding carboxylic acids is 5. The number of ketones is 4. The topological polar surface area (TPSA) is 216 Å². The van der Waals surface area contributed by atoms with E-state index in [9.17, 15) is 43.8 Å². The van der Waals surface area contributed by atoms with Gasteiger partial charge in [-0.25, -0.2) is 0 Å². The Kier molecular flexibility index (Phi) is 25.5. The molecule has 78 heavy (non-hydrogen) atoms. The van der Waals surface area contributed by atoms with Gasteiger partial charge in [-0.1, -0.05) is 110 Å². The van der Waals surface area contributed by atoms with Crippen molar-refractivity contribution in [2.75, 3.05) is 6.61 Å². The van der Waals surface area contributed by atoms with Gasteiger partial charge in [0.1, 0.15) is 52.3 Å². The lowest BCUT2D eigenvalue weighted by Crippen LogP contribution is -2.01. The second kappa shape index (κ2) is 31.9. The minimum Gasteiger partial charge on any atom is -0.507 e. The van der Waals surface area contributed by atoms with Crippen LogP contribution < -0.4 is 15.6 Å². The maximum absolute atomic E-state index is 11.7. The third-order valence-electron chi connectivity index (χ3n) is 10.9. The van der Waals surface area contributed by atoms with E-state index in [2.05, 4.69) is 13.2 Å². The molecule has 0 spiro atoms. The third kappa shape index (κ3) is 18.6. The molecule has 0 amide bonds. The Morgan fingerprint density at radius 1 is 0.526 bits per heavy atom. The second-order valence-electron chi connectivity index (χ2n) is 16.9. The van der Waals surface area contributed by atoms with E-state index in [0.717, 1.165) is 11.1 Å². The summed E-state index contributed by atoms with van der Waals surface area (Å²) in [7, 11) is 0. The van der Waals surface area contributed by atoms with Crippen LogP contribution in [0.2, 0.25) is 0 Å². The zero-order chi connectivity index (χ0) is 57.9. The van der Waals surface area contributed by atoms with Crippen molar-refractivity contribution in [3.05, 3.63) is 247 Å². The summed E-state index contributed by atoms with van der Waals surface area (Å²) in [6.07, 6.45) is 12.1. The van der Waals surface area contributed by atoms with Crippen LogP contribution in [0.5, 0.6) is 23.0 Å². The lowest BCUT2D eigenvalue weighted by atomic mass is 10.0. The van der Waals surface area contributed by atoms with E-state index < -0.39 is 0 Å². The first-order valence-electron chi connectivity index (χ1n) is 24.4. The van der Waals surface area contributed by atoms with E-state index in [-0.39, 0.29) is 51.2 Å². The molecule has 6 aromatic carbocycles. The largest absolute Gasteiger partial charge is 0.507 e. The Bertz CT molecular complexity index is 3590. The van der Waals surface area contributed by atoms with Crippen LogP contribution in [0.1, 0.15) is 122 Å². The van der Waals surface area contributed by atoms with Gasteiger partial charge in [0.05, 0.1) is 38.6 Å². The molecule has 0 atom stereocenters. The van der Waals surface area contributed by atoms with Gasteiger partial charge in [-0.15, -0.1) is 6.58 Å². The Hall–Kier alpha value is -9.75. The molecular formula is C65H64O13. The van der Waals surface area contributed by atoms with Crippen LogP contribution >= 0.6 is 0 Å². The molecule has 13 heteroatoms. The highest BCUT2D eigenvalue weighted by atomic mass is 16.5. The standard InChI is InChI=1S/C13H12O2.C11H8O3.3C11H12O2.C8H8O2/c1-3-5-10-6-4-7-11-12(14)8-9(2)15-13(10)11;1-7-5-10(13)9-4-2-3-8(6-12)11(9)14-7;1-3-8-13-11-7-5-4-6-10(11)9(2)12;2*1-3-5-9-6-4-7-10(8(2)12)11(9)13;1-6(9)7-4-2-3-5-8(7)10/h3-8H,1-2H3;2-6H,1H3;3-7H,1,8H2,2H3;3-7,13H,1-2H3;3-4,6-7,13H,1,5H2,2H3;2-5,10H,1H3/b5-3+;;;5-3+;;. The van der Waals surface area contributed by atoms with Gasteiger partial charge in [0.2, 0.25) is 0 Å². The Morgan fingerprint density at radius 2 is 0.962 bits per heavy atom. The maximum atomic E-state index is 11.7. The molecule has 0 radical (unpaired) electrons. The summed E-state index contributed by atoms with van der Waals surface area (Å²) in [4.78, 5) is 77.7. The summed E-state index contributed by atoms with van der Waals surface area (Å²) >= 11 is 0. The normalized spacial score (nSPS) is 10.2. The zero-order valence-corrected chi connectivity index (χ0v) is 45.0. The molecule has 0 aliphatic heterocycles. The number of Topliss-reactive ketones (excluding diaryl/α,β-unsaturated/α-hetero) is 4. The number of allylic oxidation sites excluding steroid dienone is 3. The first-order chi connectivity index (χ1) is 37.2. The van der Waals surface area contributed by atoms with E-state index in [4.69, 9.17) is 18.7 Å². The Labute approximate surface area is 453 Å². The summed E-state index contributed by atoms with van der Waals surface area (Å²) in [6.45, 7) is 20.6. The minimum absolute atomic E-state index is 0.0136. The molecule has 0 bridgehead atoms. The molecule has 8 aromatic rings. The van der Waals surface area contributed by atoms with E-state index in [1.54, 1.807) is 123 Å². The summed E-state index contributed by atoms with van der Waals surface area (Å²) in [5.74, 6) is 1.62. The molecular weight excluding hydrogens is 989 g/mol. The number of phenols is 3. The zero-order valence-electron chi connectivity index (χ0n) is 45.0. The van der Waals surface area contributed by atoms with Gasteiger partial charge in [-0.3, -0.25) is 33.6 Å². The van der Waals surface area contributed by atoms with Crippen LogP contribution in [0.15, 0.2) is 189 Å². The molecule has 0 saturated carbocycles. The van der Waals surface area contributed by atoms with Gasteiger partial charge >= 0.3 is 0 Å². The molecule has 0 aliphatic rings. The predicted octanol–water partition coefficient (Wildman–Crippen LogP) is 14.0. The van der Waals surface area contributed by atoms with Crippen molar-refractivity contribution in [2.24, 2.45) is 0 Å². The average Bonchev–Trinajstić information content (AvgIpc) is 3.41. The fraction of sp³-hybridized carbons (Fsp3) is 0.154. The molecule has 402 valence electrons. The van der Waals surface area contributed by atoms with Crippen LogP contribution in [0, 0.1) is 13.8 Å². The number of fused-ring (bicyclic) bond motifs is 2. The second-order valence-corrected chi connectivity index (χ2v) is 16.9. The molecule has 0 unspecified atom stereocenters. The maximum Gasteiger partial charge on any atom is 0.192 e. The molecule has 0 fully saturated rings. The summed E-state index contributed by atoms with van der Waals surface area (Å²) in [6, 6.07) is 37.4. The van der Waals surface area contributed by atoms with E-state index in [1.807, 2.05) is 56.3 Å². The fourth-order valence-electron chi connectivity index (χ4n) is 7.19. The summed E-state index contributed by atoms with van der Waals surface area (Å²) < 4.78 is 16.2. The quantitative estimate of drug-likeness (QED) is 0.0590. The van der Waals surface area contributed by atoms with Crippen LogP contribution in [-0.4, -0.2) is 51.3 Å². The van der Waals surface area contributed by atoms with Crippen molar-refractivity contribution in [3.63, 3.8) is 0 Å². The minimum atomic E-state index is -0.122. The number of hydrogen-bond donors (Lipinski definition) is 3. The van der Waals surface area contributed by atoms with Gasteiger partial charge in [0.25, 0.3) is 0 Å². The van der Waals surface area contributed by atoms with Gasteiger partial charge in [-0.05, 0) is 122 Å². The Balaban J connectivity index is 0.000000247.